The van der Waals surface area contributed by atoms with Crippen molar-refractivity contribution in [3.8, 4) is 45.4 Å². The van der Waals surface area contributed by atoms with Gasteiger partial charge in [0.05, 0.1) is 48.0 Å². The molecule has 4 heterocycles. The van der Waals surface area contributed by atoms with Gasteiger partial charge in [0.1, 0.15) is 11.4 Å². The molecule has 2 aliphatic rings. The number of carbonyl (C=O) groups excluding carboxylic acids is 1. The summed E-state index contributed by atoms with van der Waals surface area (Å²) in [5.41, 5.74) is 5.36. The van der Waals surface area contributed by atoms with Gasteiger partial charge in [0.15, 0.2) is 0 Å². The first-order chi connectivity index (χ1) is 22.9. The molecule has 13 heteroatoms. The number of nitrogens with one attached hydrogen (secondary N) is 2. The number of aliphatic hydroxyl groups is 1. The van der Waals surface area contributed by atoms with Gasteiger partial charge in [-0.05, 0) is 25.3 Å². The molecular weight excluding hydrogens is 641 g/mol. The fourth-order valence-electron chi connectivity index (χ4n) is 6.10. The number of hydrogen-bond donors (Lipinski definition) is 3. The molecular formula is C34H37Cl2N7O4. The lowest BCUT2D eigenvalue weighted by Crippen LogP contribution is -2.35. The van der Waals surface area contributed by atoms with Crippen LogP contribution in [0, 0.1) is 5.92 Å². The molecule has 2 fully saturated rings. The number of halogens is 2. The summed E-state index contributed by atoms with van der Waals surface area (Å²) < 4.78 is 11.2. The molecule has 47 heavy (non-hydrogen) atoms. The van der Waals surface area contributed by atoms with Gasteiger partial charge in [0.25, 0.3) is 0 Å². The Morgan fingerprint density at radius 2 is 1.51 bits per heavy atom. The van der Waals surface area contributed by atoms with Crippen LogP contribution in [0.1, 0.15) is 30.7 Å². The van der Waals surface area contributed by atoms with E-state index in [1.807, 2.05) is 36.4 Å². The summed E-state index contributed by atoms with van der Waals surface area (Å²) in [6.07, 6.45) is 5.72. The second kappa shape index (κ2) is 14.9. The molecule has 1 amide bonds. The Balaban J connectivity index is 1.23. The largest absolute Gasteiger partial charge is 0.480 e. The minimum absolute atomic E-state index is 0.0835. The standard InChI is InChI=1S/C34H37Cl2N7O4/c1-46-33-28(14-37-13-21-9-10-30(45)40-21)38-15-26(41-33)24-7-3-5-22(31(24)35)23-6-4-8-25(32(23)36)27-16-39-29(34(42-27)47-2)18-43-12-11-20(17-43)19-44/h3-8,15-16,20-21,37,44H,9-14,17-19H2,1-2H3,(H,40,45)/t20-,21-/m0/s1. The lowest BCUT2D eigenvalue weighted by molar-refractivity contribution is -0.119. The van der Waals surface area contributed by atoms with E-state index >= 15 is 0 Å². The molecule has 0 saturated carbocycles. The second-order valence-electron chi connectivity index (χ2n) is 11.8. The molecule has 2 aromatic heterocycles. The zero-order valence-corrected chi connectivity index (χ0v) is 27.8. The van der Waals surface area contributed by atoms with Crippen LogP contribution < -0.4 is 20.1 Å². The number of nitrogens with zero attached hydrogens (tertiary/aromatic N) is 5. The number of methoxy groups -OCH3 is 2. The fraction of sp³-hybridized carbons (Fsp3) is 0.382. The number of hydrogen-bond acceptors (Lipinski definition) is 10. The average Bonchev–Trinajstić information content (AvgIpc) is 3.73. The smallest absolute Gasteiger partial charge is 0.237 e. The van der Waals surface area contributed by atoms with Crippen molar-refractivity contribution >= 4 is 29.1 Å². The molecule has 246 valence electrons. The van der Waals surface area contributed by atoms with Gasteiger partial charge in [-0.3, -0.25) is 19.7 Å². The number of aromatic nitrogens is 4. The maximum absolute atomic E-state index is 11.5. The van der Waals surface area contributed by atoms with Gasteiger partial charge in [-0.1, -0.05) is 59.6 Å². The fourth-order valence-corrected chi connectivity index (χ4v) is 6.75. The Labute approximate surface area is 283 Å². The normalized spacial score (nSPS) is 18.0. The van der Waals surface area contributed by atoms with Crippen molar-refractivity contribution < 1.29 is 19.4 Å². The lowest BCUT2D eigenvalue weighted by atomic mass is 9.98. The van der Waals surface area contributed by atoms with Crippen molar-refractivity contribution in [2.24, 2.45) is 5.92 Å². The highest BCUT2D eigenvalue weighted by molar-refractivity contribution is 6.39. The molecule has 2 aliphatic heterocycles. The van der Waals surface area contributed by atoms with E-state index in [1.165, 1.54) is 0 Å². The molecule has 0 unspecified atom stereocenters. The summed E-state index contributed by atoms with van der Waals surface area (Å²) in [6, 6.07) is 11.5. The highest BCUT2D eigenvalue weighted by Gasteiger charge is 2.25. The van der Waals surface area contributed by atoms with Crippen LogP contribution in [0.3, 0.4) is 0 Å². The van der Waals surface area contributed by atoms with E-state index in [1.54, 1.807) is 26.6 Å². The van der Waals surface area contributed by atoms with Crippen LogP contribution in [-0.2, 0) is 17.9 Å². The summed E-state index contributed by atoms with van der Waals surface area (Å²) in [7, 11) is 3.14. The van der Waals surface area contributed by atoms with Gasteiger partial charge < -0.3 is 25.2 Å². The third-order valence-corrected chi connectivity index (χ3v) is 9.43. The predicted octanol–water partition coefficient (Wildman–Crippen LogP) is 4.77. The molecule has 2 saturated heterocycles. The molecule has 0 radical (unpaired) electrons. The molecule has 4 aromatic rings. The first-order valence-corrected chi connectivity index (χ1v) is 16.3. The summed E-state index contributed by atoms with van der Waals surface area (Å²) in [5, 5.41) is 16.7. The summed E-state index contributed by atoms with van der Waals surface area (Å²) >= 11 is 14.1. The van der Waals surface area contributed by atoms with E-state index in [9.17, 15) is 9.90 Å². The molecule has 3 N–H and O–H groups in total. The third-order valence-electron chi connectivity index (χ3n) is 8.62. The maximum Gasteiger partial charge on any atom is 0.237 e. The van der Waals surface area contributed by atoms with Gasteiger partial charge in [0.2, 0.25) is 17.7 Å². The number of likely N-dealkylation sites (tertiary alicyclic amines) is 1. The van der Waals surface area contributed by atoms with Crippen LogP contribution in [0.25, 0.3) is 33.6 Å². The van der Waals surface area contributed by atoms with Crippen molar-refractivity contribution in [1.29, 1.82) is 0 Å². The van der Waals surface area contributed by atoms with E-state index in [0.29, 0.717) is 76.1 Å². The Morgan fingerprint density at radius 1 is 0.915 bits per heavy atom. The van der Waals surface area contributed by atoms with Gasteiger partial charge >= 0.3 is 0 Å². The number of rotatable bonds is 12. The first kappa shape index (κ1) is 33.0. The third kappa shape index (κ3) is 7.34. The summed E-state index contributed by atoms with van der Waals surface area (Å²) in [5.74, 6) is 1.20. The quantitative estimate of drug-likeness (QED) is 0.192. The van der Waals surface area contributed by atoms with E-state index in [0.717, 1.165) is 42.8 Å². The van der Waals surface area contributed by atoms with E-state index in [-0.39, 0.29) is 24.5 Å². The van der Waals surface area contributed by atoms with Crippen molar-refractivity contribution in [2.75, 3.05) is 40.5 Å². The Bertz CT molecular complexity index is 1760. The molecule has 6 rings (SSSR count). The van der Waals surface area contributed by atoms with E-state index in [2.05, 4.69) is 20.5 Å². The zero-order chi connectivity index (χ0) is 32.9. The van der Waals surface area contributed by atoms with E-state index in [4.69, 9.17) is 47.6 Å². The van der Waals surface area contributed by atoms with Crippen LogP contribution >= 0.6 is 23.2 Å². The summed E-state index contributed by atoms with van der Waals surface area (Å²) in [4.78, 5) is 32.5. The molecule has 2 atom stereocenters. The minimum Gasteiger partial charge on any atom is -0.480 e. The molecule has 0 spiro atoms. The van der Waals surface area contributed by atoms with Crippen LogP contribution in [0.2, 0.25) is 10.0 Å². The topological polar surface area (TPSA) is 135 Å². The highest BCUT2D eigenvalue weighted by atomic mass is 35.5. The number of aliphatic hydroxyl groups excluding tert-OH is 1. The van der Waals surface area contributed by atoms with Crippen LogP contribution in [-0.4, -0.2) is 82.4 Å². The highest BCUT2D eigenvalue weighted by Crippen LogP contribution is 2.42. The lowest BCUT2D eigenvalue weighted by Gasteiger charge is -2.17. The minimum atomic E-state index is 0.0835. The monoisotopic (exact) mass is 677 g/mol. The number of carbonyl (C=O) groups is 1. The summed E-state index contributed by atoms with van der Waals surface area (Å²) in [6.45, 7) is 3.57. The zero-order valence-electron chi connectivity index (χ0n) is 26.3. The molecule has 0 bridgehead atoms. The van der Waals surface area contributed by atoms with Crippen LogP contribution in [0.5, 0.6) is 11.8 Å². The van der Waals surface area contributed by atoms with Gasteiger partial charge in [-0.2, -0.15) is 0 Å². The van der Waals surface area contributed by atoms with Gasteiger partial charge in [-0.15, -0.1) is 0 Å². The Kier molecular flexibility index (Phi) is 10.5. The van der Waals surface area contributed by atoms with Crippen LogP contribution in [0.4, 0.5) is 0 Å². The molecule has 11 nitrogen and oxygen atoms in total. The molecule has 2 aromatic carbocycles. The predicted molar refractivity (Wildman–Crippen MR) is 180 cm³/mol. The number of amides is 1. The van der Waals surface area contributed by atoms with Crippen molar-refractivity contribution in [3.05, 3.63) is 70.2 Å². The SMILES string of the molecule is COc1nc(-c2cccc(-c3cccc(-c4cnc(CN5CC[C@H](CO)C5)c(OC)n4)c3Cl)c2Cl)cnc1CNC[C@@H]1CCC(=O)N1. The van der Waals surface area contributed by atoms with Crippen LogP contribution in [0.15, 0.2) is 48.8 Å². The first-order valence-electron chi connectivity index (χ1n) is 15.6. The average molecular weight is 679 g/mol. The van der Waals surface area contributed by atoms with E-state index < -0.39 is 0 Å². The Hall–Kier alpha value is -3.87. The van der Waals surface area contributed by atoms with Crippen molar-refractivity contribution in [3.63, 3.8) is 0 Å². The maximum atomic E-state index is 11.5. The molecule has 0 aliphatic carbocycles. The number of ether oxygens (including phenoxy) is 2. The van der Waals surface area contributed by atoms with Crippen molar-refractivity contribution in [1.82, 2.24) is 35.5 Å². The second-order valence-corrected chi connectivity index (χ2v) is 12.5. The Morgan fingerprint density at radius 3 is 2.06 bits per heavy atom. The van der Waals surface area contributed by atoms with Gasteiger partial charge in [0, 0.05) is 67.5 Å². The van der Waals surface area contributed by atoms with Gasteiger partial charge in [-0.25, -0.2) is 9.97 Å². The number of benzene rings is 2. The van der Waals surface area contributed by atoms with Crippen molar-refractivity contribution in [2.45, 2.75) is 38.4 Å².